The fourth-order valence-electron chi connectivity index (χ4n) is 1.31. The van der Waals surface area contributed by atoms with E-state index in [-0.39, 0.29) is 24.0 Å². The van der Waals surface area contributed by atoms with E-state index in [0.717, 1.165) is 13.1 Å². The van der Waals surface area contributed by atoms with Gasteiger partial charge in [0.25, 0.3) is 0 Å². The van der Waals surface area contributed by atoms with Gasteiger partial charge in [0.15, 0.2) is 0 Å². The lowest BCUT2D eigenvalue weighted by Crippen LogP contribution is -2.59. The number of hydrogen-bond acceptors (Lipinski definition) is 4. The Labute approximate surface area is 95.1 Å². The highest BCUT2D eigenvalue weighted by Gasteiger charge is 2.32. The Kier molecular flexibility index (Phi) is 4.70. The van der Waals surface area contributed by atoms with Crippen LogP contribution >= 0.6 is 0 Å². The van der Waals surface area contributed by atoms with Gasteiger partial charge < -0.3 is 20.7 Å². The van der Waals surface area contributed by atoms with E-state index in [9.17, 15) is 9.59 Å². The van der Waals surface area contributed by atoms with Crippen LogP contribution in [0.2, 0.25) is 0 Å². The highest BCUT2D eigenvalue weighted by Crippen LogP contribution is 2.14. The van der Waals surface area contributed by atoms with Crippen LogP contribution in [-0.4, -0.2) is 50.2 Å². The van der Waals surface area contributed by atoms with Crippen LogP contribution in [0, 0.1) is 0 Å². The fraction of sp³-hybridized carbons (Fsp3) is 0.800. The second kappa shape index (κ2) is 5.81. The van der Waals surface area contributed by atoms with Crippen molar-refractivity contribution in [3.8, 4) is 0 Å². The molecule has 0 aromatic carbocycles. The molecule has 1 rings (SSSR count). The predicted octanol–water partition coefficient (Wildman–Crippen LogP) is -1.38. The molecule has 1 aliphatic heterocycles. The van der Waals surface area contributed by atoms with Crippen molar-refractivity contribution in [2.75, 3.05) is 32.8 Å². The summed E-state index contributed by atoms with van der Waals surface area (Å²) in [5.74, 6) is -0.253. The van der Waals surface area contributed by atoms with E-state index in [1.165, 1.54) is 6.92 Å². The van der Waals surface area contributed by atoms with E-state index in [0.29, 0.717) is 13.1 Å². The second-order valence-corrected chi connectivity index (χ2v) is 4.18. The largest absolute Gasteiger partial charge is 0.363 e. The lowest BCUT2D eigenvalue weighted by molar-refractivity contribution is -0.135. The molecular weight excluding hydrogens is 210 g/mol. The Bertz CT molecular complexity index is 264. The Morgan fingerprint density at radius 1 is 1.31 bits per heavy atom. The molecule has 16 heavy (non-hydrogen) atoms. The summed E-state index contributed by atoms with van der Waals surface area (Å²) in [5.41, 5.74) is -0.199. The first kappa shape index (κ1) is 12.9. The van der Waals surface area contributed by atoms with E-state index in [1.807, 2.05) is 6.92 Å². The average Bonchev–Trinajstić information content (AvgIpc) is 2.18. The Morgan fingerprint density at radius 2 is 1.94 bits per heavy atom. The van der Waals surface area contributed by atoms with Gasteiger partial charge in [-0.05, 0) is 6.92 Å². The summed E-state index contributed by atoms with van der Waals surface area (Å²) in [6.07, 6.45) is 0. The van der Waals surface area contributed by atoms with E-state index >= 15 is 0 Å². The summed E-state index contributed by atoms with van der Waals surface area (Å²) in [4.78, 5) is 21.8. The molecule has 6 heteroatoms. The molecule has 92 valence electrons. The molecule has 6 nitrogen and oxygen atoms in total. The predicted molar refractivity (Wildman–Crippen MR) is 58.9 cm³/mol. The Balaban J connectivity index is 2.00. The summed E-state index contributed by atoms with van der Waals surface area (Å²) in [7, 11) is 0. The number of carbonyl (C=O) groups is 2. The topological polar surface area (TPSA) is 79.5 Å². The van der Waals surface area contributed by atoms with Crippen LogP contribution < -0.4 is 16.0 Å². The molecule has 0 aromatic rings. The van der Waals surface area contributed by atoms with E-state index in [1.54, 1.807) is 0 Å². The molecular formula is C10H19N3O3. The van der Waals surface area contributed by atoms with Gasteiger partial charge in [0, 0.05) is 33.1 Å². The third-order valence-corrected chi connectivity index (χ3v) is 2.37. The zero-order chi connectivity index (χ0) is 12.0. The maximum atomic E-state index is 11.3. The molecule has 1 fully saturated rings. The number of carbonyl (C=O) groups excluding carboxylic acids is 2. The molecule has 0 aliphatic carbocycles. The van der Waals surface area contributed by atoms with E-state index in [4.69, 9.17) is 4.74 Å². The molecule has 1 saturated heterocycles. The Hall–Kier alpha value is -1.14. The quantitative estimate of drug-likeness (QED) is 0.490. The first-order chi connectivity index (χ1) is 7.52. The van der Waals surface area contributed by atoms with Gasteiger partial charge in [-0.15, -0.1) is 0 Å². The minimum absolute atomic E-state index is 0.0677. The van der Waals surface area contributed by atoms with Crippen LogP contribution in [-0.2, 0) is 14.3 Å². The normalized spacial score (nSPS) is 17.4. The monoisotopic (exact) mass is 229 g/mol. The van der Waals surface area contributed by atoms with Crippen molar-refractivity contribution in [3.63, 3.8) is 0 Å². The average molecular weight is 229 g/mol. The smallest absolute Gasteiger partial charge is 0.246 e. The first-order valence-corrected chi connectivity index (χ1v) is 5.38. The van der Waals surface area contributed by atoms with Crippen LogP contribution in [0.25, 0.3) is 0 Å². The van der Waals surface area contributed by atoms with Crippen LogP contribution in [0.1, 0.15) is 13.8 Å². The lowest BCUT2D eigenvalue weighted by atomic mass is 10.0. The van der Waals surface area contributed by atoms with Crippen LogP contribution in [0.4, 0.5) is 0 Å². The van der Waals surface area contributed by atoms with Crippen molar-refractivity contribution in [2.24, 2.45) is 0 Å². The van der Waals surface area contributed by atoms with Gasteiger partial charge in [-0.1, -0.05) is 0 Å². The number of amides is 2. The van der Waals surface area contributed by atoms with Gasteiger partial charge in [-0.25, -0.2) is 0 Å². The number of nitrogens with one attached hydrogen (secondary N) is 3. The standard InChI is InChI=1S/C10H19N3O3/c1-8(14)12-3-4-13-9(15)5-16-10(2)6-11-7-10/h11H,3-7H2,1-2H3,(H,12,14)(H,13,15). The van der Waals surface area contributed by atoms with Crippen LogP contribution in [0.3, 0.4) is 0 Å². The second-order valence-electron chi connectivity index (χ2n) is 4.18. The molecule has 0 atom stereocenters. The van der Waals surface area contributed by atoms with E-state index in [2.05, 4.69) is 16.0 Å². The van der Waals surface area contributed by atoms with Crippen LogP contribution in [0.5, 0.6) is 0 Å². The Morgan fingerprint density at radius 3 is 2.44 bits per heavy atom. The molecule has 0 unspecified atom stereocenters. The van der Waals surface area contributed by atoms with E-state index < -0.39 is 0 Å². The molecule has 0 aromatic heterocycles. The molecule has 0 spiro atoms. The van der Waals surface area contributed by atoms with Crippen molar-refractivity contribution >= 4 is 11.8 Å². The summed E-state index contributed by atoms with van der Waals surface area (Å²) in [6.45, 7) is 5.91. The highest BCUT2D eigenvalue weighted by atomic mass is 16.5. The maximum Gasteiger partial charge on any atom is 0.246 e. The SMILES string of the molecule is CC(=O)NCCNC(=O)COC1(C)CNC1. The summed E-state index contributed by atoms with van der Waals surface area (Å²) < 4.78 is 5.44. The van der Waals surface area contributed by atoms with Gasteiger partial charge in [0.05, 0.1) is 5.60 Å². The minimum atomic E-state index is -0.199. The molecule has 2 amide bonds. The van der Waals surface area contributed by atoms with Crippen molar-refractivity contribution in [2.45, 2.75) is 19.4 Å². The highest BCUT2D eigenvalue weighted by molar-refractivity contribution is 5.77. The molecule has 0 radical (unpaired) electrons. The van der Waals surface area contributed by atoms with Crippen molar-refractivity contribution in [1.29, 1.82) is 0 Å². The number of ether oxygens (including phenoxy) is 1. The third-order valence-electron chi connectivity index (χ3n) is 2.37. The third kappa shape index (κ3) is 4.59. The van der Waals surface area contributed by atoms with Gasteiger partial charge >= 0.3 is 0 Å². The van der Waals surface area contributed by atoms with Gasteiger partial charge in [-0.2, -0.15) is 0 Å². The van der Waals surface area contributed by atoms with Gasteiger partial charge in [0.2, 0.25) is 11.8 Å². The van der Waals surface area contributed by atoms with Crippen LogP contribution in [0.15, 0.2) is 0 Å². The van der Waals surface area contributed by atoms with Crippen molar-refractivity contribution in [1.82, 2.24) is 16.0 Å². The van der Waals surface area contributed by atoms with Gasteiger partial charge in [-0.3, -0.25) is 9.59 Å². The fourth-order valence-corrected chi connectivity index (χ4v) is 1.31. The number of hydrogen-bond donors (Lipinski definition) is 3. The van der Waals surface area contributed by atoms with Crippen molar-refractivity contribution in [3.05, 3.63) is 0 Å². The minimum Gasteiger partial charge on any atom is -0.363 e. The molecule has 0 saturated carbocycles. The maximum absolute atomic E-state index is 11.3. The first-order valence-electron chi connectivity index (χ1n) is 5.38. The summed E-state index contributed by atoms with van der Waals surface area (Å²) >= 11 is 0. The zero-order valence-electron chi connectivity index (χ0n) is 9.76. The molecule has 1 aliphatic rings. The molecule has 3 N–H and O–H groups in total. The lowest BCUT2D eigenvalue weighted by Gasteiger charge is -2.38. The van der Waals surface area contributed by atoms with Gasteiger partial charge in [0.1, 0.15) is 6.61 Å². The summed E-state index contributed by atoms with van der Waals surface area (Å²) in [6, 6.07) is 0. The zero-order valence-corrected chi connectivity index (χ0v) is 9.76. The molecule has 1 heterocycles. The number of rotatable bonds is 6. The van der Waals surface area contributed by atoms with Crippen molar-refractivity contribution < 1.29 is 14.3 Å². The molecule has 0 bridgehead atoms. The summed E-state index contributed by atoms with van der Waals surface area (Å²) in [5, 5.41) is 8.34.